The minimum absolute atomic E-state index is 0.0316. The number of hydrogen-bond donors (Lipinski definition) is 4. The molecule has 0 spiro atoms. The van der Waals surface area contributed by atoms with Crippen molar-refractivity contribution in [2.45, 2.75) is 52.8 Å². The summed E-state index contributed by atoms with van der Waals surface area (Å²) in [7, 11) is 0. The van der Waals surface area contributed by atoms with Gasteiger partial charge in [0, 0.05) is 18.2 Å². The maximum atomic E-state index is 11.8. The van der Waals surface area contributed by atoms with Crippen LogP contribution in [0.25, 0.3) is 0 Å². The average Bonchev–Trinajstić information content (AvgIpc) is 2.45. The summed E-state index contributed by atoms with van der Waals surface area (Å²) < 4.78 is 0. The van der Waals surface area contributed by atoms with Gasteiger partial charge in [-0.15, -0.1) is 0 Å². The van der Waals surface area contributed by atoms with Gasteiger partial charge in [-0.25, -0.2) is 4.79 Å². The van der Waals surface area contributed by atoms with Crippen molar-refractivity contribution in [2.75, 3.05) is 5.32 Å². The Morgan fingerprint density at radius 2 is 1.70 bits per heavy atom. The van der Waals surface area contributed by atoms with Crippen molar-refractivity contribution in [3.05, 3.63) is 29.8 Å². The molecule has 1 aromatic carbocycles. The lowest BCUT2D eigenvalue weighted by atomic mass is 10.0. The van der Waals surface area contributed by atoms with E-state index in [2.05, 4.69) is 16.0 Å². The first-order chi connectivity index (χ1) is 10.6. The number of carbonyl (C=O) groups is 2. The first-order valence-electron chi connectivity index (χ1n) is 7.76. The molecule has 3 amide bonds. The van der Waals surface area contributed by atoms with E-state index in [9.17, 15) is 14.7 Å². The average molecular weight is 321 g/mol. The highest BCUT2D eigenvalue weighted by atomic mass is 16.3. The number of amides is 3. The molecule has 0 heterocycles. The number of aliphatic hydroxyl groups is 1. The molecule has 4 N–H and O–H groups in total. The highest BCUT2D eigenvalue weighted by molar-refractivity contribution is 5.92. The molecular formula is C17H27N3O3. The van der Waals surface area contributed by atoms with Gasteiger partial charge in [0.2, 0.25) is 5.91 Å². The van der Waals surface area contributed by atoms with Gasteiger partial charge in [0.05, 0.1) is 11.6 Å². The van der Waals surface area contributed by atoms with Crippen molar-refractivity contribution in [1.82, 2.24) is 10.6 Å². The Morgan fingerprint density at radius 1 is 1.13 bits per heavy atom. The van der Waals surface area contributed by atoms with Crippen molar-refractivity contribution in [3.63, 3.8) is 0 Å². The molecule has 0 unspecified atom stereocenters. The second kappa shape index (κ2) is 7.97. The van der Waals surface area contributed by atoms with Crippen LogP contribution in [0.1, 0.15) is 40.2 Å². The Hall–Kier alpha value is -2.08. The minimum atomic E-state index is -0.979. The van der Waals surface area contributed by atoms with Crippen LogP contribution in [0.4, 0.5) is 10.5 Å². The molecule has 0 radical (unpaired) electrons. The summed E-state index contributed by atoms with van der Waals surface area (Å²) in [5.41, 5.74) is 0.666. The van der Waals surface area contributed by atoms with Crippen LogP contribution in [0.2, 0.25) is 0 Å². The summed E-state index contributed by atoms with van der Waals surface area (Å²) in [4.78, 5) is 23.4. The van der Waals surface area contributed by atoms with Crippen LogP contribution in [0.3, 0.4) is 0 Å². The zero-order valence-electron chi connectivity index (χ0n) is 14.4. The third kappa shape index (κ3) is 6.69. The standard InChI is InChI=1S/C17H27N3O3/c1-11(2)15(21)20-14-8-6-13(7-9-14)10-18-16(22)19-12(3)17(4,5)23/h6-9,11-12,23H,10H2,1-5H3,(H,20,21)(H2,18,19,22)/t12-/m1/s1. The number of urea groups is 1. The monoisotopic (exact) mass is 321 g/mol. The van der Waals surface area contributed by atoms with Gasteiger partial charge in [-0.2, -0.15) is 0 Å². The zero-order valence-corrected chi connectivity index (χ0v) is 14.4. The number of carbonyl (C=O) groups excluding carboxylic acids is 2. The fraction of sp³-hybridized carbons (Fsp3) is 0.529. The molecule has 1 atom stereocenters. The van der Waals surface area contributed by atoms with E-state index in [0.29, 0.717) is 6.54 Å². The third-order valence-electron chi connectivity index (χ3n) is 3.61. The summed E-state index contributed by atoms with van der Waals surface area (Å²) in [6, 6.07) is 6.59. The van der Waals surface area contributed by atoms with E-state index in [0.717, 1.165) is 11.3 Å². The number of anilines is 1. The summed E-state index contributed by atoms with van der Waals surface area (Å²) in [5, 5.41) is 18.0. The largest absolute Gasteiger partial charge is 0.388 e. The lowest BCUT2D eigenvalue weighted by molar-refractivity contribution is -0.118. The van der Waals surface area contributed by atoms with Gasteiger partial charge in [0.15, 0.2) is 0 Å². The van der Waals surface area contributed by atoms with E-state index < -0.39 is 5.60 Å². The molecule has 1 rings (SSSR count). The van der Waals surface area contributed by atoms with Crippen molar-refractivity contribution in [2.24, 2.45) is 5.92 Å². The number of rotatable bonds is 6. The van der Waals surface area contributed by atoms with Crippen molar-refractivity contribution in [1.29, 1.82) is 0 Å². The molecule has 1 aromatic rings. The van der Waals surface area contributed by atoms with Crippen LogP contribution in [-0.2, 0) is 11.3 Å². The van der Waals surface area contributed by atoms with Crippen molar-refractivity contribution >= 4 is 17.6 Å². The lowest BCUT2D eigenvalue weighted by Gasteiger charge is -2.26. The molecule has 0 saturated carbocycles. The lowest BCUT2D eigenvalue weighted by Crippen LogP contribution is -2.50. The molecule has 0 aliphatic carbocycles. The second-order valence-corrected chi connectivity index (χ2v) is 6.54. The number of nitrogens with one attached hydrogen (secondary N) is 3. The maximum Gasteiger partial charge on any atom is 0.315 e. The molecule has 0 aliphatic rings. The SMILES string of the molecule is CC(C)C(=O)Nc1ccc(CNC(=O)N[C@H](C)C(C)(C)O)cc1. The fourth-order valence-corrected chi connectivity index (χ4v) is 1.60. The molecule has 0 fully saturated rings. The summed E-state index contributed by atoms with van der Waals surface area (Å²) in [6.07, 6.45) is 0. The quantitative estimate of drug-likeness (QED) is 0.647. The van der Waals surface area contributed by atoms with Crippen molar-refractivity contribution in [3.8, 4) is 0 Å². The van der Waals surface area contributed by atoms with Crippen LogP contribution in [0.5, 0.6) is 0 Å². The molecule has 0 saturated heterocycles. The van der Waals surface area contributed by atoms with E-state index in [4.69, 9.17) is 0 Å². The topological polar surface area (TPSA) is 90.5 Å². The molecule has 6 nitrogen and oxygen atoms in total. The van der Waals surface area contributed by atoms with Crippen LogP contribution in [-0.4, -0.2) is 28.7 Å². The van der Waals surface area contributed by atoms with Gasteiger partial charge in [-0.3, -0.25) is 4.79 Å². The highest BCUT2D eigenvalue weighted by Gasteiger charge is 2.23. The summed E-state index contributed by atoms with van der Waals surface area (Å²) >= 11 is 0. The Kier molecular flexibility index (Phi) is 6.57. The summed E-state index contributed by atoms with van der Waals surface area (Å²) in [5.74, 6) is -0.103. The first kappa shape index (κ1) is 19.0. The molecule has 6 heteroatoms. The van der Waals surface area contributed by atoms with Crippen LogP contribution >= 0.6 is 0 Å². The van der Waals surface area contributed by atoms with Crippen LogP contribution in [0.15, 0.2) is 24.3 Å². The maximum absolute atomic E-state index is 11.8. The van der Waals surface area contributed by atoms with Crippen molar-refractivity contribution < 1.29 is 14.7 Å². The predicted octanol–water partition coefficient (Wildman–Crippen LogP) is 2.24. The Labute approximate surface area is 137 Å². The Bertz CT molecular complexity index is 533. The predicted molar refractivity (Wildman–Crippen MR) is 91.0 cm³/mol. The molecule has 0 bridgehead atoms. The van der Waals surface area contributed by atoms with Crippen LogP contribution in [0, 0.1) is 5.92 Å². The first-order valence-corrected chi connectivity index (χ1v) is 7.76. The van der Waals surface area contributed by atoms with Crippen LogP contribution < -0.4 is 16.0 Å². The van der Waals surface area contributed by atoms with Gasteiger partial charge in [0.1, 0.15) is 0 Å². The summed E-state index contributed by atoms with van der Waals surface area (Å²) in [6.45, 7) is 9.06. The smallest absolute Gasteiger partial charge is 0.315 e. The van der Waals surface area contributed by atoms with E-state index >= 15 is 0 Å². The van der Waals surface area contributed by atoms with Gasteiger partial charge >= 0.3 is 6.03 Å². The van der Waals surface area contributed by atoms with Gasteiger partial charge in [-0.05, 0) is 38.5 Å². The van der Waals surface area contributed by atoms with Gasteiger partial charge in [-0.1, -0.05) is 26.0 Å². The van der Waals surface area contributed by atoms with E-state index in [1.165, 1.54) is 0 Å². The molecule has 23 heavy (non-hydrogen) atoms. The fourth-order valence-electron chi connectivity index (χ4n) is 1.60. The highest BCUT2D eigenvalue weighted by Crippen LogP contribution is 2.11. The molecule has 128 valence electrons. The van der Waals surface area contributed by atoms with E-state index in [1.54, 1.807) is 32.9 Å². The molecule has 0 aliphatic heterocycles. The third-order valence-corrected chi connectivity index (χ3v) is 3.61. The molecule has 0 aromatic heterocycles. The number of hydrogen-bond acceptors (Lipinski definition) is 3. The zero-order chi connectivity index (χ0) is 17.6. The Morgan fingerprint density at radius 3 is 2.17 bits per heavy atom. The Balaban J connectivity index is 2.47. The van der Waals surface area contributed by atoms with Gasteiger partial charge in [0.25, 0.3) is 0 Å². The minimum Gasteiger partial charge on any atom is -0.388 e. The number of benzene rings is 1. The van der Waals surface area contributed by atoms with E-state index in [1.807, 2.05) is 26.0 Å². The normalized spacial score (nSPS) is 12.7. The van der Waals surface area contributed by atoms with E-state index in [-0.39, 0.29) is 23.9 Å². The molecular weight excluding hydrogens is 294 g/mol. The second-order valence-electron chi connectivity index (χ2n) is 6.54. The van der Waals surface area contributed by atoms with Gasteiger partial charge < -0.3 is 21.1 Å².